The molecule has 1 aliphatic heterocycles. The average molecular weight is 436 g/mol. The third-order valence-corrected chi connectivity index (χ3v) is 5.88. The Balaban J connectivity index is 0.00000272. The highest BCUT2D eigenvalue weighted by Crippen LogP contribution is 2.27. The fraction of sp³-hybridized carbons (Fsp3) is 0.296. The molecule has 4 heteroatoms. The molecule has 4 rings (SSSR count). The normalized spacial score (nSPS) is 14.7. The molecule has 31 heavy (non-hydrogen) atoms. The van der Waals surface area contributed by atoms with Gasteiger partial charge in [-0.1, -0.05) is 91.0 Å². The molecule has 1 aliphatic rings. The van der Waals surface area contributed by atoms with Crippen LogP contribution in [0.2, 0.25) is 0 Å². The van der Waals surface area contributed by atoms with E-state index in [0.29, 0.717) is 0 Å². The number of likely N-dealkylation sites (tertiary alicyclic amines) is 1. The van der Waals surface area contributed by atoms with Crippen LogP contribution in [0.4, 0.5) is 0 Å². The summed E-state index contributed by atoms with van der Waals surface area (Å²) >= 11 is 0. The van der Waals surface area contributed by atoms with E-state index in [2.05, 4.69) is 35.2 Å². The van der Waals surface area contributed by atoms with Crippen LogP contribution in [0.15, 0.2) is 91.0 Å². The van der Waals surface area contributed by atoms with Gasteiger partial charge in [0.1, 0.15) is 12.0 Å². The maximum atomic E-state index is 13.2. The van der Waals surface area contributed by atoms with E-state index in [-0.39, 0.29) is 30.4 Å². The van der Waals surface area contributed by atoms with Gasteiger partial charge in [0, 0.05) is 19.6 Å². The SMILES string of the molecule is Cl.O=C(OC1CCN(CCc2ccccc2)CC1)C(c1ccccc1)c1ccccc1. The number of hydrogen-bond donors (Lipinski definition) is 0. The Morgan fingerprint density at radius 2 is 1.29 bits per heavy atom. The smallest absolute Gasteiger partial charge is 0.318 e. The second-order valence-corrected chi connectivity index (χ2v) is 7.97. The molecule has 3 aromatic rings. The van der Waals surface area contributed by atoms with Crippen molar-refractivity contribution in [2.45, 2.75) is 31.3 Å². The van der Waals surface area contributed by atoms with Gasteiger partial charge in [-0.3, -0.25) is 4.79 Å². The molecule has 0 N–H and O–H groups in total. The lowest BCUT2D eigenvalue weighted by atomic mass is 9.91. The second-order valence-electron chi connectivity index (χ2n) is 7.97. The minimum absolute atomic E-state index is 0. The Bertz CT molecular complexity index is 870. The third kappa shape index (κ3) is 6.43. The summed E-state index contributed by atoms with van der Waals surface area (Å²) in [7, 11) is 0. The number of piperidine rings is 1. The van der Waals surface area contributed by atoms with Crippen LogP contribution in [-0.2, 0) is 16.0 Å². The minimum atomic E-state index is -0.372. The van der Waals surface area contributed by atoms with Crippen molar-refractivity contribution in [1.82, 2.24) is 4.90 Å². The number of nitrogens with zero attached hydrogens (tertiary/aromatic N) is 1. The van der Waals surface area contributed by atoms with Gasteiger partial charge in [0.2, 0.25) is 0 Å². The summed E-state index contributed by atoms with van der Waals surface area (Å²) in [5.41, 5.74) is 3.34. The van der Waals surface area contributed by atoms with Crippen LogP contribution in [-0.4, -0.2) is 36.6 Å². The van der Waals surface area contributed by atoms with E-state index in [1.165, 1.54) is 5.56 Å². The summed E-state index contributed by atoms with van der Waals surface area (Å²) in [4.78, 5) is 15.6. The molecular weight excluding hydrogens is 406 g/mol. The van der Waals surface area contributed by atoms with E-state index in [0.717, 1.165) is 50.0 Å². The van der Waals surface area contributed by atoms with E-state index < -0.39 is 0 Å². The van der Waals surface area contributed by atoms with Crippen LogP contribution in [0, 0.1) is 0 Å². The highest BCUT2D eigenvalue weighted by atomic mass is 35.5. The van der Waals surface area contributed by atoms with Gasteiger partial charge in [-0.2, -0.15) is 0 Å². The van der Waals surface area contributed by atoms with Gasteiger partial charge in [0.25, 0.3) is 0 Å². The number of ether oxygens (including phenoxy) is 1. The molecule has 1 saturated heterocycles. The summed E-state index contributed by atoms with van der Waals surface area (Å²) in [5.74, 6) is -0.515. The zero-order valence-electron chi connectivity index (χ0n) is 17.7. The highest BCUT2D eigenvalue weighted by Gasteiger charge is 2.28. The van der Waals surface area contributed by atoms with Crippen LogP contribution in [0.3, 0.4) is 0 Å². The van der Waals surface area contributed by atoms with Gasteiger partial charge < -0.3 is 9.64 Å². The lowest BCUT2D eigenvalue weighted by Crippen LogP contribution is -2.39. The topological polar surface area (TPSA) is 29.5 Å². The first-order chi connectivity index (χ1) is 14.8. The molecule has 3 aromatic carbocycles. The summed E-state index contributed by atoms with van der Waals surface area (Å²) in [6.45, 7) is 3.01. The number of carbonyl (C=O) groups is 1. The Hall–Kier alpha value is -2.62. The quantitative estimate of drug-likeness (QED) is 0.459. The van der Waals surface area contributed by atoms with Gasteiger partial charge in [-0.15, -0.1) is 12.4 Å². The fourth-order valence-electron chi connectivity index (χ4n) is 4.17. The number of halogens is 1. The van der Waals surface area contributed by atoms with Crippen LogP contribution in [0.5, 0.6) is 0 Å². The molecule has 0 saturated carbocycles. The third-order valence-electron chi connectivity index (χ3n) is 5.88. The number of esters is 1. The van der Waals surface area contributed by atoms with Crippen LogP contribution < -0.4 is 0 Å². The van der Waals surface area contributed by atoms with Crippen molar-refractivity contribution >= 4 is 18.4 Å². The van der Waals surface area contributed by atoms with Gasteiger partial charge >= 0.3 is 5.97 Å². The second kappa shape index (κ2) is 11.7. The number of benzene rings is 3. The zero-order valence-corrected chi connectivity index (χ0v) is 18.5. The Morgan fingerprint density at radius 3 is 1.81 bits per heavy atom. The van der Waals surface area contributed by atoms with Crippen LogP contribution >= 0.6 is 12.4 Å². The van der Waals surface area contributed by atoms with Crippen molar-refractivity contribution in [3.63, 3.8) is 0 Å². The van der Waals surface area contributed by atoms with Gasteiger partial charge in [0.05, 0.1) is 0 Å². The highest BCUT2D eigenvalue weighted by molar-refractivity contribution is 5.85. The van der Waals surface area contributed by atoms with Crippen LogP contribution in [0.1, 0.15) is 35.4 Å². The van der Waals surface area contributed by atoms with E-state index in [1.54, 1.807) is 0 Å². The van der Waals surface area contributed by atoms with Crippen LogP contribution in [0.25, 0.3) is 0 Å². The maximum Gasteiger partial charge on any atom is 0.318 e. The molecule has 0 radical (unpaired) electrons. The lowest BCUT2D eigenvalue weighted by Gasteiger charge is -2.32. The Labute approximate surface area is 191 Å². The van der Waals surface area contributed by atoms with Crippen molar-refractivity contribution in [1.29, 1.82) is 0 Å². The van der Waals surface area contributed by atoms with Crippen molar-refractivity contribution in [2.24, 2.45) is 0 Å². The minimum Gasteiger partial charge on any atom is -0.462 e. The molecule has 1 heterocycles. The van der Waals surface area contributed by atoms with E-state index in [4.69, 9.17) is 4.74 Å². The molecule has 0 unspecified atom stereocenters. The molecule has 3 nitrogen and oxygen atoms in total. The van der Waals surface area contributed by atoms with Gasteiger partial charge in [-0.05, 0) is 36.0 Å². The van der Waals surface area contributed by atoms with Gasteiger partial charge in [0.15, 0.2) is 0 Å². The summed E-state index contributed by atoms with van der Waals surface area (Å²) < 4.78 is 6.01. The molecular formula is C27H30ClNO2. The summed E-state index contributed by atoms with van der Waals surface area (Å²) in [5, 5.41) is 0. The first-order valence-electron chi connectivity index (χ1n) is 10.9. The summed E-state index contributed by atoms with van der Waals surface area (Å²) in [6.07, 6.45) is 2.86. The standard InChI is InChI=1S/C27H29NO2.ClH/c29-27(26(23-12-6-2-7-13-23)24-14-8-3-9-15-24)30-25-17-20-28(21-18-25)19-16-22-10-4-1-5-11-22;/h1-15,25-26H,16-21H2;1H. The number of rotatable bonds is 7. The van der Waals surface area contributed by atoms with E-state index in [1.807, 2.05) is 60.7 Å². The molecule has 1 fully saturated rings. The fourth-order valence-corrected chi connectivity index (χ4v) is 4.17. The van der Waals surface area contributed by atoms with Crippen molar-refractivity contribution < 1.29 is 9.53 Å². The molecule has 0 aromatic heterocycles. The van der Waals surface area contributed by atoms with Gasteiger partial charge in [-0.25, -0.2) is 0 Å². The maximum absolute atomic E-state index is 13.2. The first kappa shape index (κ1) is 23.1. The van der Waals surface area contributed by atoms with Crippen molar-refractivity contribution in [3.8, 4) is 0 Å². The molecule has 162 valence electrons. The molecule has 0 spiro atoms. The number of carbonyl (C=O) groups excluding carboxylic acids is 1. The molecule has 0 bridgehead atoms. The molecule has 0 aliphatic carbocycles. The predicted octanol–water partition coefficient (Wildman–Crippen LogP) is 5.49. The lowest BCUT2D eigenvalue weighted by molar-refractivity contribution is -0.152. The van der Waals surface area contributed by atoms with Crippen molar-refractivity contribution in [3.05, 3.63) is 108 Å². The number of hydrogen-bond acceptors (Lipinski definition) is 3. The Morgan fingerprint density at radius 1 is 0.806 bits per heavy atom. The van der Waals surface area contributed by atoms with E-state index >= 15 is 0 Å². The molecule has 0 amide bonds. The Kier molecular flexibility index (Phi) is 8.69. The zero-order chi connectivity index (χ0) is 20.6. The van der Waals surface area contributed by atoms with E-state index in [9.17, 15) is 4.79 Å². The largest absolute Gasteiger partial charge is 0.462 e. The monoisotopic (exact) mass is 435 g/mol. The molecule has 0 atom stereocenters. The average Bonchev–Trinajstić information content (AvgIpc) is 2.81. The summed E-state index contributed by atoms with van der Waals surface area (Å²) in [6, 6.07) is 30.5. The predicted molar refractivity (Wildman–Crippen MR) is 128 cm³/mol. The van der Waals surface area contributed by atoms with Crippen molar-refractivity contribution in [2.75, 3.05) is 19.6 Å². The first-order valence-corrected chi connectivity index (χ1v) is 10.9.